The minimum Gasteiger partial charge on any atom is -0.375 e. The maximum atomic E-state index is 12.7. The molecule has 1 aliphatic rings. The van der Waals surface area contributed by atoms with Crippen molar-refractivity contribution in [3.8, 4) is 11.4 Å². The lowest BCUT2D eigenvalue weighted by atomic mass is 10.2. The molecular weight excluding hydrogens is 324 g/mol. The Kier molecular flexibility index (Phi) is 3.53. The van der Waals surface area contributed by atoms with Gasteiger partial charge in [-0.3, -0.25) is 4.79 Å². The molecule has 1 aromatic carbocycles. The van der Waals surface area contributed by atoms with Crippen molar-refractivity contribution in [1.29, 1.82) is 0 Å². The summed E-state index contributed by atoms with van der Waals surface area (Å²) >= 11 is 1.21. The van der Waals surface area contributed by atoms with Crippen molar-refractivity contribution >= 4 is 22.4 Å². The Hall–Kier alpha value is -2.74. The summed E-state index contributed by atoms with van der Waals surface area (Å²) in [5.74, 6) is 1.42. The summed E-state index contributed by atoms with van der Waals surface area (Å²) in [4.78, 5) is 23.7. The van der Waals surface area contributed by atoms with E-state index in [0.29, 0.717) is 28.9 Å². The van der Waals surface area contributed by atoms with Gasteiger partial charge in [-0.15, -0.1) is 0 Å². The zero-order valence-corrected chi connectivity index (χ0v) is 13.9. The molecule has 0 spiro atoms. The van der Waals surface area contributed by atoms with E-state index in [9.17, 15) is 4.79 Å². The first-order valence-corrected chi connectivity index (χ1v) is 8.47. The molecule has 2 N–H and O–H groups in total. The number of nitrogen functional groups attached to an aromatic ring is 1. The van der Waals surface area contributed by atoms with Gasteiger partial charge in [0, 0.05) is 12.1 Å². The SMILES string of the molecule is C[C@H]1c2nc(-c3ccccc3)nn2CCN1C(=O)c1cnc(N)s1. The van der Waals surface area contributed by atoms with E-state index >= 15 is 0 Å². The van der Waals surface area contributed by atoms with E-state index in [0.717, 1.165) is 11.4 Å². The zero-order valence-electron chi connectivity index (χ0n) is 13.1. The molecule has 4 rings (SSSR count). The van der Waals surface area contributed by atoms with Crippen LogP contribution >= 0.6 is 11.3 Å². The lowest BCUT2D eigenvalue weighted by Crippen LogP contribution is -2.41. The number of nitrogens with two attached hydrogens (primary N) is 1. The summed E-state index contributed by atoms with van der Waals surface area (Å²) in [6.07, 6.45) is 1.53. The molecule has 0 aliphatic carbocycles. The van der Waals surface area contributed by atoms with E-state index in [1.54, 1.807) is 4.90 Å². The average molecular weight is 340 g/mol. The quantitative estimate of drug-likeness (QED) is 0.772. The van der Waals surface area contributed by atoms with Gasteiger partial charge in [-0.1, -0.05) is 41.7 Å². The van der Waals surface area contributed by atoms with Gasteiger partial charge in [0.25, 0.3) is 5.91 Å². The van der Waals surface area contributed by atoms with Crippen molar-refractivity contribution in [2.24, 2.45) is 0 Å². The van der Waals surface area contributed by atoms with Gasteiger partial charge in [0.1, 0.15) is 10.7 Å². The molecule has 24 heavy (non-hydrogen) atoms. The van der Waals surface area contributed by atoms with Crippen molar-refractivity contribution in [3.63, 3.8) is 0 Å². The third-order valence-corrected chi connectivity index (χ3v) is 4.94. The molecule has 0 saturated carbocycles. The van der Waals surface area contributed by atoms with Crippen molar-refractivity contribution in [3.05, 3.63) is 47.2 Å². The number of amides is 1. The molecule has 0 unspecified atom stereocenters. The van der Waals surface area contributed by atoms with Crippen molar-refractivity contribution < 1.29 is 4.79 Å². The second-order valence-electron chi connectivity index (χ2n) is 5.62. The molecule has 0 fully saturated rings. The van der Waals surface area contributed by atoms with Crippen LogP contribution in [-0.4, -0.2) is 37.1 Å². The second kappa shape index (κ2) is 5.72. The first kappa shape index (κ1) is 14.8. The average Bonchev–Trinajstić information content (AvgIpc) is 3.22. The first-order chi connectivity index (χ1) is 11.6. The minimum atomic E-state index is -0.153. The predicted molar refractivity (Wildman–Crippen MR) is 91.4 cm³/mol. The molecule has 1 aliphatic heterocycles. The predicted octanol–water partition coefficient (Wildman–Crippen LogP) is 2.20. The lowest BCUT2D eigenvalue weighted by Gasteiger charge is -2.32. The Morgan fingerprint density at radius 3 is 2.79 bits per heavy atom. The highest BCUT2D eigenvalue weighted by Crippen LogP contribution is 2.28. The van der Waals surface area contributed by atoms with E-state index in [-0.39, 0.29) is 11.9 Å². The Bertz CT molecular complexity index is 887. The van der Waals surface area contributed by atoms with Crippen LogP contribution < -0.4 is 5.73 Å². The van der Waals surface area contributed by atoms with Gasteiger partial charge in [0.2, 0.25) is 0 Å². The summed E-state index contributed by atoms with van der Waals surface area (Å²) in [5.41, 5.74) is 6.61. The summed E-state index contributed by atoms with van der Waals surface area (Å²) in [7, 11) is 0. The second-order valence-corrected chi connectivity index (χ2v) is 6.68. The minimum absolute atomic E-state index is 0.0628. The van der Waals surface area contributed by atoms with Crippen LogP contribution in [0.3, 0.4) is 0 Å². The third-order valence-electron chi connectivity index (χ3n) is 4.12. The normalized spacial score (nSPS) is 16.9. The number of nitrogens with zero attached hydrogens (tertiary/aromatic N) is 5. The summed E-state index contributed by atoms with van der Waals surface area (Å²) in [5, 5.41) is 4.98. The molecular formula is C16H16N6OS. The number of anilines is 1. The van der Waals surface area contributed by atoms with Crippen LogP contribution in [0.2, 0.25) is 0 Å². The van der Waals surface area contributed by atoms with Crippen molar-refractivity contribution in [1.82, 2.24) is 24.6 Å². The number of aromatic nitrogens is 4. The number of carbonyl (C=O) groups is 1. The largest absolute Gasteiger partial charge is 0.375 e. The van der Waals surface area contributed by atoms with Crippen LogP contribution in [0.1, 0.15) is 28.5 Å². The summed E-state index contributed by atoms with van der Waals surface area (Å²) in [6, 6.07) is 9.69. The van der Waals surface area contributed by atoms with Gasteiger partial charge in [0.05, 0.1) is 18.8 Å². The molecule has 1 atom stereocenters. The van der Waals surface area contributed by atoms with Crippen LogP contribution in [-0.2, 0) is 6.54 Å². The van der Waals surface area contributed by atoms with Crippen LogP contribution in [0.4, 0.5) is 5.13 Å². The molecule has 3 aromatic rings. The van der Waals surface area contributed by atoms with Crippen molar-refractivity contribution in [2.45, 2.75) is 19.5 Å². The van der Waals surface area contributed by atoms with Crippen molar-refractivity contribution in [2.75, 3.05) is 12.3 Å². The standard InChI is InChI=1S/C16H16N6OS/c1-10-14-19-13(11-5-3-2-4-6-11)20-22(14)8-7-21(10)15(23)12-9-18-16(17)24-12/h2-6,9-10H,7-8H2,1H3,(H2,17,18)/t10-/m0/s1. The number of carbonyl (C=O) groups excluding carboxylic acids is 1. The number of benzene rings is 1. The Balaban J connectivity index is 1.64. The first-order valence-electron chi connectivity index (χ1n) is 7.66. The van der Waals surface area contributed by atoms with Crippen LogP contribution in [0.5, 0.6) is 0 Å². The molecule has 0 radical (unpaired) electrons. The fourth-order valence-corrected chi connectivity index (χ4v) is 3.52. The smallest absolute Gasteiger partial charge is 0.266 e. The highest BCUT2D eigenvalue weighted by molar-refractivity contribution is 7.17. The number of rotatable bonds is 2. The van der Waals surface area contributed by atoms with E-state index in [2.05, 4.69) is 15.1 Å². The Morgan fingerprint density at radius 1 is 1.29 bits per heavy atom. The van der Waals surface area contributed by atoms with Gasteiger partial charge in [-0.2, -0.15) is 5.10 Å². The van der Waals surface area contributed by atoms with E-state index in [1.807, 2.05) is 41.9 Å². The van der Waals surface area contributed by atoms with Gasteiger partial charge >= 0.3 is 0 Å². The van der Waals surface area contributed by atoms with E-state index in [1.165, 1.54) is 17.5 Å². The molecule has 8 heteroatoms. The molecule has 3 heterocycles. The van der Waals surface area contributed by atoms with E-state index < -0.39 is 0 Å². The van der Waals surface area contributed by atoms with Crippen LogP contribution in [0, 0.1) is 0 Å². The number of hydrogen-bond donors (Lipinski definition) is 1. The molecule has 7 nitrogen and oxygen atoms in total. The molecule has 1 amide bonds. The Labute approximate surface area is 142 Å². The topological polar surface area (TPSA) is 89.9 Å². The van der Waals surface area contributed by atoms with Gasteiger partial charge < -0.3 is 10.6 Å². The van der Waals surface area contributed by atoms with Crippen LogP contribution in [0.15, 0.2) is 36.5 Å². The van der Waals surface area contributed by atoms with Gasteiger partial charge in [-0.05, 0) is 6.92 Å². The zero-order chi connectivity index (χ0) is 16.7. The third kappa shape index (κ3) is 2.44. The number of fused-ring (bicyclic) bond motifs is 1. The lowest BCUT2D eigenvalue weighted by molar-refractivity contribution is 0.0635. The summed E-state index contributed by atoms with van der Waals surface area (Å²) < 4.78 is 1.89. The fourth-order valence-electron chi connectivity index (χ4n) is 2.88. The highest BCUT2D eigenvalue weighted by Gasteiger charge is 2.32. The molecule has 2 aromatic heterocycles. The number of thiazole rings is 1. The van der Waals surface area contributed by atoms with Gasteiger partial charge in [0.15, 0.2) is 11.0 Å². The molecule has 0 bridgehead atoms. The number of hydrogen-bond acceptors (Lipinski definition) is 6. The maximum absolute atomic E-state index is 12.7. The maximum Gasteiger partial charge on any atom is 0.266 e. The van der Waals surface area contributed by atoms with E-state index in [4.69, 9.17) is 5.73 Å². The summed E-state index contributed by atoms with van der Waals surface area (Å²) in [6.45, 7) is 3.18. The van der Waals surface area contributed by atoms with Crippen LogP contribution in [0.25, 0.3) is 11.4 Å². The Morgan fingerprint density at radius 2 is 2.08 bits per heavy atom. The monoisotopic (exact) mass is 340 g/mol. The fraction of sp³-hybridized carbons (Fsp3) is 0.250. The van der Waals surface area contributed by atoms with Gasteiger partial charge in [-0.25, -0.2) is 14.6 Å². The highest BCUT2D eigenvalue weighted by atomic mass is 32.1. The molecule has 0 saturated heterocycles. The molecule has 122 valence electrons.